The van der Waals surface area contributed by atoms with Crippen LogP contribution in [0.5, 0.6) is 0 Å². The van der Waals surface area contributed by atoms with Crippen molar-refractivity contribution < 1.29 is 5.11 Å². The average molecular weight is 270 g/mol. The molecule has 0 amide bonds. The van der Waals surface area contributed by atoms with Crippen LogP contribution in [0.4, 0.5) is 0 Å². The Bertz CT molecular complexity index is 605. The molecule has 2 unspecified atom stereocenters. The fourth-order valence-electron chi connectivity index (χ4n) is 3.25. The van der Waals surface area contributed by atoms with Gasteiger partial charge < -0.3 is 5.11 Å². The van der Waals surface area contributed by atoms with Gasteiger partial charge in [-0.15, -0.1) is 0 Å². The first-order chi connectivity index (χ1) is 9.65. The summed E-state index contributed by atoms with van der Waals surface area (Å²) in [5, 5.41) is 15.6. The standard InChI is InChI=1S/C17H22N2O/c1-3-10-19-12-14(11-18-19)17(20)9-8-13(2)15-6-4-5-7-16(15)17/h4-7,11-13,20H,3,8-10H2,1-2H3. The van der Waals surface area contributed by atoms with Crippen molar-refractivity contribution in [2.45, 2.75) is 51.2 Å². The number of aromatic nitrogens is 2. The molecule has 0 aliphatic heterocycles. The van der Waals surface area contributed by atoms with Crippen molar-refractivity contribution in [2.75, 3.05) is 0 Å². The van der Waals surface area contributed by atoms with E-state index in [9.17, 15) is 5.11 Å². The number of aliphatic hydroxyl groups is 1. The van der Waals surface area contributed by atoms with Crippen molar-refractivity contribution in [2.24, 2.45) is 0 Å². The number of fused-ring (bicyclic) bond motifs is 1. The molecule has 1 aromatic heterocycles. The maximum Gasteiger partial charge on any atom is 0.118 e. The molecule has 0 fully saturated rings. The highest BCUT2D eigenvalue weighted by Crippen LogP contribution is 2.44. The number of aryl methyl sites for hydroxylation is 1. The molecule has 0 radical (unpaired) electrons. The first-order valence-corrected chi connectivity index (χ1v) is 7.50. The van der Waals surface area contributed by atoms with Gasteiger partial charge in [0.15, 0.2) is 0 Å². The highest BCUT2D eigenvalue weighted by molar-refractivity contribution is 5.43. The van der Waals surface area contributed by atoms with Gasteiger partial charge in [-0.3, -0.25) is 4.68 Å². The van der Waals surface area contributed by atoms with Crippen LogP contribution in [0, 0.1) is 0 Å². The van der Waals surface area contributed by atoms with Crippen molar-refractivity contribution in [3.63, 3.8) is 0 Å². The predicted octanol–water partition coefficient (Wildman–Crippen LogP) is 3.43. The maximum absolute atomic E-state index is 11.2. The van der Waals surface area contributed by atoms with Crippen molar-refractivity contribution in [3.05, 3.63) is 53.3 Å². The minimum Gasteiger partial charge on any atom is -0.380 e. The molecule has 3 rings (SSSR count). The van der Waals surface area contributed by atoms with Gasteiger partial charge in [0, 0.05) is 18.3 Å². The molecule has 1 aliphatic rings. The Morgan fingerprint density at radius 2 is 2.20 bits per heavy atom. The van der Waals surface area contributed by atoms with E-state index >= 15 is 0 Å². The lowest BCUT2D eigenvalue weighted by atomic mass is 9.72. The van der Waals surface area contributed by atoms with E-state index in [-0.39, 0.29) is 0 Å². The molecule has 1 aliphatic carbocycles. The fourth-order valence-corrected chi connectivity index (χ4v) is 3.25. The zero-order valence-corrected chi connectivity index (χ0v) is 12.2. The first-order valence-electron chi connectivity index (χ1n) is 7.50. The van der Waals surface area contributed by atoms with Crippen LogP contribution in [0.25, 0.3) is 0 Å². The zero-order valence-electron chi connectivity index (χ0n) is 12.2. The Morgan fingerprint density at radius 1 is 1.40 bits per heavy atom. The molecule has 1 heterocycles. The summed E-state index contributed by atoms with van der Waals surface area (Å²) in [6.45, 7) is 5.26. The minimum atomic E-state index is -0.880. The van der Waals surface area contributed by atoms with Crippen molar-refractivity contribution >= 4 is 0 Å². The number of rotatable bonds is 3. The summed E-state index contributed by atoms with van der Waals surface area (Å²) in [7, 11) is 0. The number of benzene rings is 1. The Kier molecular flexibility index (Phi) is 3.38. The molecule has 0 saturated carbocycles. The SMILES string of the molecule is CCCn1cc(C2(O)CCC(C)c3ccccc32)cn1. The molecule has 0 spiro atoms. The van der Waals surface area contributed by atoms with Gasteiger partial charge in [-0.05, 0) is 36.3 Å². The van der Waals surface area contributed by atoms with Crippen molar-refractivity contribution in [1.82, 2.24) is 9.78 Å². The van der Waals surface area contributed by atoms with Gasteiger partial charge >= 0.3 is 0 Å². The molecule has 1 aromatic carbocycles. The van der Waals surface area contributed by atoms with Gasteiger partial charge in [0.2, 0.25) is 0 Å². The molecular weight excluding hydrogens is 248 g/mol. The molecule has 2 aromatic rings. The summed E-state index contributed by atoms with van der Waals surface area (Å²) in [6.07, 6.45) is 6.64. The Morgan fingerprint density at radius 3 is 3.00 bits per heavy atom. The van der Waals surface area contributed by atoms with Crippen LogP contribution < -0.4 is 0 Å². The van der Waals surface area contributed by atoms with Crippen LogP contribution in [-0.4, -0.2) is 14.9 Å². The third-order valence-electron chi connectivity index (χ3n) is 4.44. The molecule has 0 bridgehead atoms. The maximum atomic E-state index is 11.2. The number of nitrogens with zero attached hydrogens (tertiary/aromatic N) is 2. The molecule has 20 heavy (non-hydrogen) atoms. The molecule has 2 atom stereocenters. The zero-order chi connectivity index (χ0) is 14.2. The number of hydrogen-bond donors (Lipinski definition) is 1. The second-order valence-corrected chi connectivity index (χ2v) is 5.88. The lowest BCUT2D eigenvalue weighted by Crippen LogP contribution is -2.32. The van der Waals surface area contributed by atoms with E-state index in [0.717, 1.165) is 36.9 Å². The first kappa shape index (κ1) is 13.4. The minimum absolute atomic E-state index is 0.511. The van der Waals surface area contributed by atoms with E-state index in [1.807, 2.05) is 23.1 Å². The smallest absolute Gasteiger partial charge is 0.118 e. The largest absolute Gasteiger partial charge is 0.380 e. The summed E-state index contributed by atoms with van der Waals surface area (Å²) < 4.78 is 1.92. The van der Waals surface area contributed by atoms with Crippen molar-refractivity contribution in [1.29, 1.82) is 0 Å². The van der Waals surface area contributed by atoms with E-state index in [1.54, 1.807) is 0 Å². The highest BCUT2D eigenvalue weighted by Gasteiger charge is 2.39. The van der Waals surface area contributed by atoms with Crippen LogP contribution in [0.2, 0.25) is 0 Å². The van der Waals surface area contributed by atoms with Gasteiger partial charge in [-0.2, -0.15) is 5.10 Å². The Balaban J connectivity index is 2.05. The number of hydrogen-bond acceptors (Lipinski definition) is 2. The van der Waals surface area contributed by atoms with E-state index in [2.05, 4.69) is 37.1 Å². The fraction of sp³-hybridized carbons (Fsp3) is 0.471. The summed E-state index contributed by atoms with van der Waals surface area (Å²) in [5.41, 5.74) is 2.36. The highest BCUT2D eigenvalue weighted by atomic mass is 16.3. The van der Waals surface area contributed by atoms with Gasteiger partial charge in [0.25, 0.3) is 0 Å². The summed E-state index contributed by atoms with van der Waals surface area (Å²) in [4.78, 5) is 0. The quantitative estimate of drug-likeness (QED) is 0.928. The topological polar surface area (TPSA) is 38.0 Å². The second-order valence-electron chi connectivity index (χ2n) is 5.88. The average Bonchev–Trinajstić information content (AvgIpc) is 2.93. The molecule has 3 nitrogen and oxygen atoms in total. The normalized spacial score (nSPS) is 25.4. The third kappa shape index (κ3) is 2.06. The lowest BCUT2D eigenvalue weighted by molar-refractivity contribution is 0.0578. The molecule has 1 N–H and O–H groups in total. The van der Waals surface area contributed by atoms with Gasteiger partial charge in [-0.1, -0.05) is 38.1 Å². The van der Waals surface area contributed by atoms with Crippen LogP contribution in [0.1, 0.15) is 55.7 Å². The van der Waals surface area contributed by atoms with Gasteiger partial charge in [0.05, 0.1) is 6.20 Å². The molecule has 106 valence electrons. The van der Waals surface area contributed by atoms with E-state index in [0.29, 0.717) is 5.92 Å². The summed E-state index contributed by atoms with van der Waals surface area (Å²) in [5.74, 6) is 0.511. The third-order valence-corrected chi connectivity index (χ3v) is 4.44. The Labute approximate surface area is 120 Å². The van der Waals surface area contributed by atoms with E-state index in [4.69, 9.17) is 0 Å². The monoisotopic (exact) mass is 270 g/mol. The summed E-state index contributed by atoms with van der Waals surface area (Å²) >= 11 is 0. The second kappa shape index (κ2) is 5.06. The van der Waals surface area contributed by atoms with Crippen LogP contribution in [-0.2, 0) is 12.1 Å². The predicted molar refractivity (Wildman–Crippen MR) is 79.6 cm³/mol. The van der Waals surface area contributed by atoms with Crippen molar-refractivity contribution in [3.8, 4) is 0 Å². The van der Waals surface area contributed by atoms with Crippen LogP contribution in [0.15, 0.2) is 36.7 Å². The molecule has 3 heteroatoms. The van der Waals surface area contributed by atoms with E-state index in [1.165, 1.54) is 5.56 Å². The summed E-state index contributed by atoms with van der Waals surface area (Å²) in [6, 6.07) is 8.27. The van der Waals surface area contributed by atoms with Crippen LogP contribution in [0.3, 0.4) is 0 Å². The van der Waals surface area contributed by atoms with Gasteiger partial charge in [0.1, 0.15) is 5.60 Å². The Hall–Kier alpha value is -1.61. The molecule has 0 saturated heterocycles. The lowest BCUT2D eigenvalue weighted by Gasteiger charge is -2.36. The van der Waals surface area contributed by atoms with E-state index < -0.39 is 5.60 Å². The van der Waals surface area contributed by atoms with Gasteiger partial charge in [-0.25, -0.2) is 0 Å². The van der Waals surface area contributed by atoms with Crippen LogP contribution >= 0.6 is 0 Å². The molecular formula is C17H22N2O.